The van der Waals surface area contributed by atoms with E-state index >= 15 is 0 Å². The number of methoxy groups -OCH3 is 1. The van der Waals surface area contributed by atoms with Crippen molar-refractivity contribution in [2.45, 2.75) is 31.7 Å². The lowest BCUT2D eigenvalue weighted by Gasteiger charge is -2.18. The molecule has 0 unspecified atom stereocenters. The van der Waals surface area contributed by atoms with Crippen LogP contribution in [0.15, 0.2) is 30.3 Å². The molecule has 8 nitrogen and oxygen atoms in total. The molecule has 1 aromatic carbocycles. The van der Waals surface area contributed by atoms with Gasteiger partial charge in [-0.25, -0.2) is 0 Å². The second-order valence-electron chi connectivity index (χ2n) is 8.86. The first-order valence-corrected chi connectivity index (χ1v) is 13.3. The summed E-state index contributed by atoms with van der Waals surface area (Å²) in [5, 5.41) is 5.58. The summed E-state index contributed by atoms with van der Waals surface area (Å²) < 4.78 is 10.6. The number of halogens is 1. The number of nitrogens with one attached hydrogen (secondary N) is 2. The Bertz CT molecular complexity index is 1040. The fourth-order valence-electron chi connectivity index (χ4n) is 4.02. The Morgan fingerprint density at radius 3 is 2.61 bits per heavy atom. The van der Waals surface area contributed by atoms with E-state index in [1.54, 1.807) is 19.2 Å². The molecule has 196 valence electrons. The minimum atomic E-state index is -0.752. The lowest BCUT2D eigenvalue weighted by molar-refractivity contribution is -0.126. The number of benzene rings is 1. The molecule has 3 rings (SSSR count). The van der Waals surface area contributed by atoms with Gasteiger partial charge in [0.05, 0.1) is 28.5 Å². The fraction of sp³-hybridized carbons (Fsp3) is 0.500. The molecule has 0 fully saturated rings. The number of thiophene rings is 1. The molecule has 0 bridgehead atoms. The number of rotatable bonds is 13. The van der Waals surface area contributed by atoms with Crippen LogP contribution in [0.3, 0.4) is 0 Å². The molecule has 0 spiro atoms. The van der Waals surface area contributed by atoms with Crippen molar-refractivity contribution in [3.63, 3.8) is 0 Å². The quantitative estimate of drug-likeness (QED) is 0.383. The third-order valence-electron chi connectivity index (χ3n) is 6.09. The maximum absolute atomic E-state index is 13.3. The molecule has 0 radical (unpaired) electrons. The van der Waals surface area contributed by atoms with Crippen LogP contribution in [0.1, 0.15) is 32.8 Å². The number of fused-ring (bicyclic) bond motifs is 1. The Hall–Kier alpha value is -2.30. The first-order valence-electron chi connectivity index (χ1n) is 12.1. The summed E-state index contributed by atoms with van der Waals surface area (Å²) >= 11 is 7.13. The lowest BCUT2D eigenvalue weighted by atomic mass is 9.95. The summed E-state index contributed by atoms with van der Waals surface area (Å²) in [6, 6.07) is 8.75. The Labute approximate surface area is 221 Å². The summed E-state index contributed by atoms with van der Waals surface area (Å²) in [6.45, 7) is 2.87. The maximum Gasteiger partial charge on any atom is 0.261 e. The SMILES string of the molecule is COCCOCC(=O)NCC[C@@H](NC(=O)c1ccc(Cl)s1)C(=O)Cc1ccc2c(c1)CCN(C)CC2. The molecule has 1 aliphatic heterocycles. The summed E-state index contributed by atoms with van der Waals surface area (Å²) in [4.78, 5) is 40.8. The van der Waals surface area contributed by atoms with Crippen molar-refractivity contribution in [3.05, 3.63) is 56.2 Å². The number of hydrogen-bond acceptors (Lipinski definition) is 7. The van der Waals surface area contributed by atoms with Crippen molar-refractivity contribution in [2.24, 2.45) is 0 Å². The van der Waals surface area contributed by atoms with Gasteiger partial charge in [0, 0.05) is 33.2 Å². The lowest BCUT2D eigenvalue weighted by Crippen LogP contribution is -2.44. The number of nitrogens with zero attached hydrogens (tertiary/aromatic N) is 1. The van der Waals surface area contributed by atoms with Crippen LogP contribution in [-0.4, -0.2) is 82.2 Å². The van der Waals surface area contributed by atoms with Gasteiger partial charge < -0.3 is 25.0 Å². The molecular weight excluding hydrogens is 502 g/mol. The van der Waals surface area contributed by atoms with Gasteiger partial charge in [0.15, 0.2) is 5.78 Å². The van der Waals surface area contributed by atoms with Crippen LogP contribution in [0.4, 0.5) is 0 Å². The smallest absolute Gasteiger partial charge is 0.261 e. The predicted molar refractivity (Wildman–Crippen MR) is 141 cm³/mol. The number of carbonyl (C=O) groups excluding carboxylic acids is 3. The number of amides is 2. The van der Waals surface area contributed by atoms with Crippen molar-refractivity contribution < 1.29 is 23.9 Å². The van der Waals surface area contributed by atoms with Gasteiger partial charge in [-0.3, -0.25) is 14.4 Å². The summed E-state index contributed by atoms with van der Waals surface area (Å²) in [6.07, 6.45) is 2.42. The molecular formula is C26H34ClN3O5S. The standard InChI is InChI=1S/C26H34ClN3O5S/c1-30-11-8-19-4-3-18(15-20(19)9-12-30)16-22(31)21(29-26(33)23-5-6-24(27)36-23)7-10-28-25(32)17-35-14-13-34-2/h3-6,15,21H,7-14,16-17H2,1-2H3,(H,28,32)(H,29,33)/t21-/m1/s1. The van der Waals surface area contributed by atoms with Gasteiger partial charge in [0.1, 0.15) is 6.61 Å². The average Bonchev–Trinajstić information content (AvgIpc) is 3.21. The predicted octanol–water partition coefficient (Wildman–Crippen LogP) is 2.51. The Morgan fingerprint density at radius 1 is 1.11 bits per heavy atom. The molecule has 1 atom stereocenters. The van der Waals surface area contributed by atoms with Crippen molar-refractivity contribution in [2.75, 3.05) is 53.6 Å². The Kier molecular flexibility index (Phi) is 11.3. The van der Waals surface area contributed by atoms with E-state index in [-0.39, 0.29) is 43.6 Å². The molecule has 2 aromatic rings. The van der Waals surface area contributed by atoms with E-state index in [1.807, 2.05) is 6.07 Å². The van der Waals surface area contributed by atoms with Crippen molar-refractivity contribution in [3.8, 4) is 0 Å². The topological polar surface area (TPSA) is 97.0 Å². The minimum absolute atomic E-state index is 0.0909. The summed E-state index contributed by atoms with van der Waals surface area (Å²) in [5.74, 6) is -0.754. The van der Waals surface area contributed by atoms with Crippen molar-refractivity contribution in [1.29, 1.82) is 0 Å². The van der Waals surface area contributed by atoms with Gasteiger partial charge in [0.25, 0.3) is 5.91 Å². The zero-order chi connectivity index (χ0) is 25.9. The van der Waals surface area contributed by atoms with Crippen molar-refractivity contribution in [1.82, 2.24) is 15.5 Å². The van der Waals surface area contributed by atoms with Crippen LogP contribution in [-0.2, 0) is 38.3 Å². The van der Waals surface area contributed by atoms with E-state index in [0.29, 0.717) is 22.4 Å². The molecule has 0 saturated carbocycles. The van der Waals surface area contributed by atoms with Crippen LogP contribution in [0.25, 0.3) is 0 Å². The van der Waals surface area contributed by atoms with E-state index in [9.17, 15) is 14.4 Å². The van der Waals surface area contributed by atoms with Crippen LogP contribution in [0.5, 0.6) is 0 Å². The molecule has 2 amide bonds. The van der Waals surface area contributed by atoms with Gasteiger partial charge in [-0.15, -0.1) is 11.3 Å². The molecule has 2 heterocycles. The zero-order valence-electron chi connectivity index (χ0n) is 20.8. The molecule has 2 N–H and O–H groups in total. The normalized spacial score (nSPS) is 14.5. The minimum Gasteiger partial charge on any atom is -0.382 e. The average molecular weight is 536 g/mol. The highest BCUT2D eigenvalue weighted by Crippen LogP contribution is 2.22. The van der Waals surface area contributed by atoms with E-state index in [1.165, 1.54) is 11.1 Å². The first kappa shape index (κ1) is 28.3. The van der Waals surface area contributed by atoms with Crippen LogP contribution in [0, 0.1) is 0 Å². The molecule has 10 heteroatoms. The Balaban J connectivity index is 1.62. The summed E-state index contributed by atoms with van der Waals surface area (Å²) in [5.41, 5.74) is 3.53. The van der Waals surface area contributed by atoms with Gasteiger partial charge in [0.2, 0.25) is 5.91 Å². The van der Waals surface area contributed by atoms with Gasteiger partial charge in [-0.2, -0.15) is 0 Å². The second kappa shape index (κ2) is 14.4. The van der Waals surface area contributed by atoms with Gasteiger partial charge in [-0.05, 0) is 55.1 Å². The van der Waals surface area contributed by atoms with E-state index < -0.39 is 6.04 Å². The third kappa shape index (κ3) is 8.97. The number of hydrogen-bond donors (Lipinski definition) is 2. The number of carbonyl (C=O) groups is 3. The molecule has 0 aliphatic carbocycles. The van der Waals surface area contributed by atoms with Gasteiger partial charge in [-0.1, -0.05) is 29.8 Å². The molecule has 0 saturated heterocycles. The highest BCUT2D eigenvalue weighted by Gasteiger charge is 2.23. The largest absolute Gasteiger partial charge is 0.382 e. The summed E-state index contributed by atoms with van der Waals surface area (Å²) in [7, 11) is 3.68. The highest BCUT2D eigenvalue weighted by molar-refractivity contribution is 7.18. The monoisotopic (exact) mass is 535 g/mol. The van der Waals surface area contributed by atoms with Crippen LogP contribution >= 0.6 is 22.9 Å². The molecule has 1 aliphatic rings. The maximum atomic E-state index is 13.3. The number of likely N-dealkylation sites (N-methyl/N-ethyl adjacent to an activating group) is 1. The van der Waals surface area contributed by atoms with E-state index in [0.717, 1.165) is 42.8 Å². The van der Waals surface area contributed by atoms with Crippen molar-refractivity contribution >= 4 is 40.5 Å². The fourth-order valence-corrected chi connectivity index (χ4v) is 4.96. The molecule has 36 heavy (non-hydrogen) atoms. The van der Waals surface area contributed by atoms with E-state index in [4.69, 9.17) is 21.1 Å². The zero-order valence-corrected chi connectivity index (χ0v) is 22.4. The van der Waals surface area contributed by atoms with E-state index in [2.05, 4.69) is 34.7 Å². The number of Topliss-reactive ketones (excluding diaryl/α,β-unsaturated/α-hetero) is 1. The number of ketones is 1. The second-order valence-corrected chi connectivity index (χ2v) is 10.6. The van der Waals surface area contributed by atoms with Crippen LogP contribution < -0.4 is 10.6 Å². The number of ether oxygens (including phenoxy) is 2. The highest BCUT2D eigenvalue weighted by atomic mass is 35.5. The molecule has 1 aromatic heterocycles. The van der Waals surface area contributed by atoms with Gasteiger partial charge >= 0.3 is 0 Å². The first-order chi connectivity index (χ1) is 17.4. The van der Waals surface area contributed by atoms with Crippen LogP contribution in [0.2, 0.25) is 4.34 Å². The Morgan fingerprint density at radius 2 is 1.89 bits per heavy atom. The third-order valence-corrected chi connectivity index (χ3v) is 7.32.